The molecule has 0 spiro atoms. The van der Waals surface area contributed by atoms with E-state index in [4.69, 9.17) is 0 Å². The second-order valence-corrected chi connectivity index (χ2v) is 6.79. The Morgan fingerprint density at radius 3 is 2.44 bits per heavy atom. The van der Waals surface area contributed by atoms with Gasteiger partial charge in [-0.25, -0.2) is 8.42 Å². The Hall–Kier alpha value is -0.130. The molecular formula is C11H24N2O2S. The zero-order chi connectivity index (χ0) is 12.2. The molecule has 1 aliphatic carbocycles. The molecule has 0 atom stereocenters. The number of hydrogen-bond donors (Lipinski definition) is 1. The average Bonchev–Trinajstić information content (AvgIpc) is 2.96. The van der Waals surface area contributed by atoms with Gasteiger partial charge >= 0.3 is 0 Å². The fourth-order valence-electron chi connectivity index (χ4n) is 1.74. The minimum Gasteiger partial charge on any atom is -0.313 e. The SMILES string of the molecule is CCCN(C(C)C)S(=O)(=O)CCNC1CC1. The molecule has 0 aromatic heterocycles. The van der Waals surface area contributed by atoms with Crippen molar-refractivity contribution in [2.45, 2.75) is 52.1 Å². The summed E-state index contributed by atoms with van der Waals surface area (Å²) in [6, 6.07) is 0.639. The summed E-state index contributed by atoms with van der Waals surface area (Å²) in [4.78, 5) is 0. The number of rotatable bonds is 8. The first-order valence-corrected chi connectivity index (χ1v) is 7.81. The van der Waals surface area contributed by atoms with Gasteiger partial charge in [-0.2, -0.15) is 4.31 Å². The summed E-state index contributed by atoms with van der Waals surface area (Å²) in [7, 11) is -3.08. The van der Waals surface area contributed by atoms with Gasteiger partial charge in [0.15, 0.2) is 0 Å². The third kappa shape index (κ3) is 4.39. The zero-order valence-corrected chi connectivity index (χ0v) is 11.4. The fourth-order valence-corrected chi connectivity index (χ4v) is 3.45. The Morgan fingerprint density at radius 2 is 2.00 bits per heavy atom. The predicted molar refractivity (Wildman–Crippen MR) is 66.9 cm³/mol. The molecular weight excluding hydrogens is 224 g/mol. The van der Waals surface area contributed by atoms with Gasteiger partial charge in [0.2, 0.25) is 10.0 Å². The maximum Gasteiger partial charge on any atom is 0.215 e. The molecule has 96 valence electrons. The molecule has 0 radical (unpaired) electrons. The van der Waals surface area contributed by atoms with E-state index < -0.39 is 10.0 Å². The molecule has 1 rings (SSSR count). The van der Waals surface area contributed by atoms with Crippen molar-refractivity contribution >= 4 is 10.0 Å². The van der Waals surface area contributed by atoms with Crippen LogP contribution in [0.25, 0.3) is 0 Å². The molecule has 1 fully saturated rings. The Labute approximate surface area is 99.5 Å². The van der Waals surface area contributed by atoms with Crippen molar-refractivity contribution in [3.05, 3.63) is 0 Å². The lowest BCUT2D eigenvalue weighted by Crippen LogP contribution is -2.41. The van der Waals surface area contributed by atoms with E-state index in [-0.39, 0.29) is 11.8 Å². The topological polar surface area (TPSA) is 49.4 Å². The van der Waals surface area contributed by atoms with Gasteiger partial charge in [-0.15, -0.1) is 0 Å². The van der Waals surface area contributed by atoms with Crippen LogP contribution in [0.3, 0.4) is 0 Å². The standard InChI is InChI=1S/C11H24N2O2S/c1-4-8-13(10(2)3)16(14,15)9-7-12-11-5-6-11/h10-12H,4-9H2,1-3H3. The quantitative estimate of drug-likeness (QED) is 0.702. The summed E-state index contributed by atoms with van der Waals surface area (Å²) >= 11 is 0. The van der Waals surface area contributed by atoms with Crippen molar-refractivity contribution in [2.75, 3.05) is 18.8 Å². The highest BCUT2D eigenvalue weighted by Crippen LogP contribution is 2.18. The second-order valence-electron chi connectivity index (χ2n) is 4.75. The van der Waals surface area contributed by atoms with Crippen LogP contribution in [0.5, 0.6) is 0 Å². The van der Waals surface area contributed by atoms with E-state index in [9.17, 15) is 8.42 Å². The summed E-state index contributed by atoms with van der Waals surface area (Å²) < 4.78 is 25.7. The van der Waals surface area contributed by atoms with E-state index in [1.807, 2.05) is 20.8 Å². The number of sulfonamides is 1. The normalized spacial score (nSPS) is 17.3. The Bertz CT molecular complexity index is 297. The smallest absolute Gasteiger partial charge is 0.215 e. The van der Waals surface area contributed by atoms with Gasteiger partial charge in [-0.1, -0.05) is 6.92 Å². The number of nitrogens with zero attached hydrogens (tertiary/aromatic N) is 1. The van der Waals surface area contributed by atoms with Crippen LogP contribution in [-0.2, 0) is 10.0 Å². The van der Waals surface area contributed by atoms with Crippen molar-refractivity contribution in [2.24, 2.45) is 0 Å². The maximum absolute atomic E-state index is 12.0. The molecule has 1 aliphatic rings. The molecule has 0 heterocycles. The number of nitrogens with one attached hydrogen (secondary N) is 1. The van der Waals surface area contributed by atoms with Crippen LogP contribution in [0.2, 0.25) is 0 Å². The summed E-state index contributed by atoms with van der Waals surface area (Å²) in [5.41, 5.74) is 0. The van der Waals surface area contributed by atoms with Crippen LogP contribution >= 0.6 is 0 Å². The van der Waals surface area contributed by atoms with Gasteiger partial charge in [0, 0.05) is 25.2 Å². The zero-order valence-electron chi connectivity index (χ0n) is 10.6. The summed E-state index contributed by atoms with van der Waals surface area (Å²) in [5.74, 6) is 0.224. The third-order valence-electron chi connectivity index (χ3n) is 2.75. The monoisotopic (exact) mass is 248 g/mol. The molecule has 0 aliphatic heterocycles. The van der Waals surface area contributed by atoms with E-state index in [2.05, 4.69) is 5.32 Å². The highest BCUT2D eigenvalue weighted by atomic mass is 32.2. The second kappa shape index (κ2) is 5.98. The van der Waals surface area contributed by atoms with Crippen molar-refractivity contribution in [1.82, 2.24) is 9.62 Å². The first kappa shape index (κ1) is 13.9. The van der Waals surface area contributed by atoms with E-state index in [0.717, 1.165) is 6.42 Å². The van der Waals surface area contributed by atoms with Crippen molar-refractivity contribution < 1.29 is 8.42 Å². The Balaban J connectivity index is 2.43. The van der Waals surface area contributed by atoms with Gasteiger partial charge in [0.05, 0.1) is 5.75 Å². The Morgan fingerprint density at radius 1 is 1.38 bits per heavy atom. The maximum atomic E-state index is 12.0. The molecule has 0 aromatic rings. The van der Waals surface area contributed by atoms with Gasteiger partial charge in [-0.3, -0.25) is 0 Å². The van der Waals surface area contributed by atoms with Crippen molar-refractivity contribution in [3.63, 3.8) is 0 Å². The first-order valence-electron chi connectivity index (χ1n) is 6.20. The minimum absolute atomic E-state index is 0.0610. The molecule has 0 bridgehead atoms. The van der Waals surface area contributed by atoms with Crippen molar-refractivity contribution in [1.29, 1.82) is 0 Å². The van der Waals surface area contributed by atoms with Crippen LogP contribution in [-0.4, -0.2) is 43.6 Å². The van der Waals surface area contributed by atoms with E-state index in [1.165, 1.54) is 12.8 Å². The van der Waals surface area contributed by atoms with Gasteiger partial charge in [0.25, 0.3) is 0 Å². The molecule has 16 heavy (non-hydrogen) atoms. The molecule has 0 saturated heterocycles. The average molecular weight is 248 g/mol. The summed E-state index contributed by atoms with van der Waals surface area (Å²) in [6.07, 6.45) is 3.26. The lowest BCUT2D eigenvalue weighted by atomic mass is 10.4. The molecule has 0 amide bonds. The minimum atomic E-state index is -3.08. The lowest BCUT2D eigenvalue weighted by molar-refractivity contribution is 0.353. The van der Waals surface area contributed by atoms with Gasteiger partial charge < -0.3 is 5.32 Å². The number of hydrogen-bond acceptors (Lipinski definition) is 3. The highest BCUT2D eigenvalue weighted by molar-refractivity contribution is 7.89. The summed E-state index contributed by atoms with van der Waals surface area (Å²) in [6.45, 7) is 7.08. The lowest BCUT2D eigenvalue weighted by Gasteiger charge is -2.25. The molecule has 0 aromatic carbocycles. The third-order valence-corrected chi connectivity index (χ3v) is 4.79. The van der Waals surface area contributed by atoms with E-state index in [0.29, 0.717) is 19.1 Å². The van der Waals surface area contributed by atoms with Crippen LogP contribution < -0.4 is 5.32 Å². The molecule has 5 heteroatoms. The fraction of sp³-hybridized carbons (Fsp3) is 1.00. The predicted octanol–water partition coefficient (Wildman–Crippen LogP) is 1.19. The highest BCUT2D eigenvalue weighted by Gasteiger charge is 2.25. The molecule has 4 nitrogen and oxygen atoms in total. The Kier molecular flexibility index (Phi) is 5.21. The van der Waals surface area contributed by atoms with Gasteiger partial charge in [0.1, 0.15) is 0 Å². The van der Waals surface area contributed by atoms with E-state index >= 15 is 0 Å². The largest absolute Gasteiger partial charge is 0.313 e. The van der Waals surface area contributed by atoms with Crippen molar-refractivity contribution in [3.8, 4) is 0 Å². The molecule has 1 saturated carbocycles. The molecule has 1 N–H and O–H groups in total. The van der Waals surface area contributed by atoms with Crippen LogP contribution in [0, 0.1) is 0 Å². The van der Waals surface area contributed by atoms with Crippen LogP contribution in [0.15, 0.2) is 0 Å². The molecule has 0 unspecified atom stereocenters. The van der Waals surface area contributed by atoms with Gasteiger partial charge in [-0.05, 0) is 33.1 Å². The van der Waals surface area contributed by atoms with E-state index in [1.54, 1.807) is 4.31 Å². The van der Waals surface area contributed by atoms with Crippen LogP contribution in [0.4, 0.5) is 0 Å². The summed E-state index contributed by atoms with van der Waals surface area (Å²) in [5, 5.41) is 3.24. The van der Waals surface area contributed by atoms with Crippen LogP contribution in [0.1, 0.15) is 40.0 Å². The first-order chi connectivity index (χ1) is 7.47.